The van der Waals surface area contributed by atoms with E-state index >= 15 is 0 Å². The highest BCUT2D eigenvalue weighted by molar-refractivity contribution is 5.97. The van der Waals surface area contributed by atoms with Gasteiger partial charge in [-0.1, -0.05) is 17.7 Å². The third kappa shape index (κ3) is 3.59. The van der Waals surface area contributed by atoms with E-state index in [1.165, 1.54) is 18.2 Å². The Kier molecular flexibility index (Phi) is 4.72. The van der Waals surface area contributed by atoms with E-state index in [0.29, 0.717) is 0 Å². The highest BCUT2D eigenvalue weighted by Gasteiger charge is 2.15. The molecular formula is C16H15F2NO3. The molecule has 0 aliphatic heterocycles. The number of aliphatic hydroxyl groups excluding tert-OH is 1. The molecule has 2 rings (SSSR count). The van der Waals surface area contributed by atoms with Crippen molar-refractivity contribution in [1.29, 1.82) is 0 Å². The Labute approximate surface area is 126 Å². The Morgan fingerprint density at radius 2 is 1.91 bits per heavy atom. The van der Waals surface area contributed by atoms with Crippen molar-refractivity contribution in [2.45, 2.75) is 13.0 Å². The normalized spacial score (nSPS) is 12.0. The van der Waals surface area contributed by atoms with Crippen LogP contribution in [0.25, 0.3) is 0 Å². The molecule has 0 aliphatic rings. The zero-order valence-corrected chi connectivity index (χ0v) is 11.8. The number of hydrogen-bond acceptors (Lipinski definition) is 3. The Bertz CT molecular complexity index is 704. The summed E-state index contributed by atoms with van der Waals surface area (Å²) in [6.07, 6.45) is -1.19. The fourth-order valence-corrected chi connectivity index (χ4v) is 1.95. The summed E-state index contributed by atoms with van der Waals surface area (Å²) in [5, 5.41) is 22.0. The van der Waals surface area contributed by atoms with Gasteiger partial charge in [-0.15, -0.1) is 0 Å². The second kappa shape index (κ2) is 6.53. The second-order valence-electron chi connectivity index (χ2n) is 4.92. The molecule has 3 N–H and O–H groups in total. The minimum atomic E-state index is -1.19. The van der Waals surface area contributed by atoms with Crippen LogP contribution in [0.15, 0.2) is 36.4 Å². The van der Waals surface area contributed by atoms with Gasteiger partial charge in [0.25, 0.3) is 5.91 Å². The lowest BCUT2D eigenvalue weighted by Gasteiger charge is -2.13. The van der Waals surface area contributed by atoms with E-state index in [9.17, 15) is 23.8 Å². The minimum absolute atomic E-state index is 0.0810. The summed E-state index contributed by atoms with van der Waals surface area (Å²) < 4.78 is 25.9. The zero-order valence-electron chi connectivity index (χ0n) is 11.8. The van der Waals surface area contributed by atoms with E-state index < -0.39 is 23.6 Å². The molecule has 0 saturated carbocycles. The lowest BCUT2D eigenvalue weighted by Crippen LogP contribution is -2.28. The predicted octanol–water partition coefficient (Wildman–Crippen LogP) is 2.44. The summed E-state index contributed by atoms with van der Waals surface area (Å²) in [4.78, 5) is 12.0. The molecule has 2 aromatic carbocycles. The third-order valence-electron chi connectivity index (χ3n) is 3.18. The molecule has 0 radical (unpaired) electrons. The van der Waals surface area contributed by atoms with Crippen molar-refractivity contribution in [3.8, 4) is 5.75 Å². The van der Waals surface area contributed by atoms with Gasteiger partial charge in [0.1, 0.15) is 5.75 Å². The molecule has 2 aromatic rings. The first-order valence-corrected chi connectivity index (χ1v) is 6.59. The molecule has 0 aliphatic carbocycles. The first-order valence-electron chi connectivity index (χ1n) is 6.59. The van der Waals surface area contributed by atoms with Crippen LogP contribution in [0.4, 0.5) is 8.78 Å². The average Bonchev–Trinajstić information content (AvgIpc) is 2.49. The first kappa shape index (κ1) is 15.9. The standard InChI is InChI=1S/C16H15F2NO3/c1-9-2-5-14(20)11(6-9)16(22)19-8-15(21)10-3-4-12(17)13(18)7-10/h2-7,15,20-21H,8H2,1H3,(H,19,22). The maximum absolute atomic E-state index is 13.1. The average molecular weight is 307 g/mol. The van der Waals surface area contributed by atoms with Gasteiger partial charge in [0, 0.05) is 6.54 Å². The van der Waals surface area contributed by atoms with Gasteiger partial charge in [0.15, 0.2) is 11.6 Å². The summed E-state index contributed by atoms with van der Waals surface area (Å²) in [6, 6.07) is 7.57. The molecule has 6 heteroatoms. The number of carbonyl (C=O) groups is 1. The van der Waals surface area contributed by atoms with Crippen LogP contribution in [0.1, 0.15) is 27.6 Å². The fourth-order valence-electron chi connectivity index (χ4n) is 1.95. The van der Waals surface area contributed by atoms with Crippen LogP contribution in [0.5, 0.6) is 5.75 Å². The summed E-state index contributed by atoms with van der Waals surface area (Å²) in [7, 11) is 0. The molecule has 0 spiro atoms. The van der Waals surface area contributed by atoms with Crippen LogP contribution in [-0.4, -0.2) is 22.7 Å². The Morgan fingerprint density at radius 3 is 2.59 bits per heavy atom. The van der Waals surface area contributed by atoms with E-state index in [4.69, 9.17) is 0 Å². The van der Waals surface area contributed by atoms with Gasteiger partial charge < -0.3 is 15.5 Å². The van der Waals surface area contributed by atoms with Gasteiger partial charge in [0.05, 0.1) is 11.7 Å². The number of rotatable bonds is 4. The van der Waals surface area contributed by atoms with E-state index in [-0.39, 0.29) is 23.4 Å². The van der Waals surface area contributed by atoms with Crippen LogP contribution < -0.4 is 5.32 Å². The molecule has 1 atom stereocenters. The van der Waals surface area contributed by atoms with E-state index in [0.717, 1.165) is 17.7 Å². The molecular weight excluding hydrogens is 292 g/mol. The smallest absolute Gasteiger partial charge is 0.255 e. The van der Waals surface area contributed by atoms with Crippen molar-refractivity contribution in [1.82, 2.24) is 5.32 Å². The second-order valence-corrected chi connectivity index (χ2v) is 4.92. The molecule has 1 amide bonds. The van der Waals surface area contributed by atoms with Crippen molar-refractivity contribution in [3.05, 3.63) is 64.7 Å². The molecule has 0 bridgehead atoms. The molecule has 0 saturated heterocycles. The van der Waals surface area contributed by atoms with Crippen molar-refractivity contribution in [2.24, 2.45) is 0 Å². The number of phenols is 1. The molecule has 0 aromatic heterocycles. The largest absolute Gasteiger partial charge is 0.507 e. The summed E-state index contributed by atoms with van der Waals surface area (Å²) >= 11 is 0. The predicted molar refractivity (Wildman–Crippen MR) is 76.5 cm³/mol. The number of amides is 1. The van der Waals surface area contributed by atoms with Gasteiger partial charge in [-0.3, -0.25) is 4.79 Å². The van der Waals surface area contributed by atoms with Crippen molar-refractivity contribution < 1.29 is 23.8 Å². The number of carbonyl (C=O) groups excluding carboxylic acids is 1. The van der Waals surface area contributed by atoms with Gasteiger partial charge in [-0.25, -0.2) is 8.78 Å². The van der Waals surface area contributed by atoms with Gasteiger partial charge in [0.2, 0.25) is 0 Å². The first-order chi connectivity index (χ1) is 10.4. The maximum Gasteiger partial charge on any atom is 0.255 e. The van der Waals surface area contributed by atoms with E-state index in [2.05, 4.69) is 5.32 Å². The van der Waals surface area contributed by atoms with Crippen molar-refractivity contribution >= 4 is 5.91 Å². The summed E-state index contributed by atoms with van der Waals surface area (Å²) in [5.74, 6) is -2.82. The quantitative estimate of drug-likeness (QED) is 0.812. The number of aromatic hydroxyl groups is 1. The maximum atomic E-state index is 13.1. The summed E-state index contributed by atoms with van der Waals surface area (Å²) in [5.41, 5.74) is 1.02. The van der Waals surface area contributed by atoms with Gasteiger partial charge in [-0.2, -0.15) is 0 Å². The Hall–Kier alpha value is -2.47. The molecule has 0 heterocycles. The number of aryl methyl sites for hydroxylation is 1. The van der Waals surface area contributed by atoms with Crippen LogP contribution >= 0.6 is 0 Å². The lowest BCUT2D eigenvalue weighted by molar-refractivity contribution is 0.0913. The Balaban J connectivity index is 2.04. The Morgan fingerprint density at radius 1 is 1.18 bits per heavy atom. The molecule has 4 nitrogen and oxygen atoms in total. The highest BCUT2D eigenvalue weighted by atomic mass is 19.2. The summed E-state index contributed by atoms with van der Waals surface area (Å²) in [6.45, 7) is 1.57. The number of hydrogen-bond donors (Lipinski definition) is 3. The number of nitrogens with one attached hydrogen (secondary N) is 1. The van der Waals surface area contributed by atoms with Crippen LogP contribution in [0.2, 0.25) is 0 Å². The third-order valence-corrected chi connectivity index (χ3v) is 3.18. The molecule has 116 valence electrons. The number of halogens is 2. The SMILES string of the molecule is Cc1ccc(O)c(C(=O)NCC(O)c2ccc(F)c(F)c2)c1. The van der Waals surface area contributed by atoms with Crippen LogP contribution in [0.3, 0.4) is 0 Å². The number of benzene rings is 2. The number of phenolic OH excluding ortho intramolecular Hbond substituents is 1. The van der Waals surface area contributed by atoms with Crippen molar-refractivity contribution in [2.75, 3.05) is 6.54 Å². The highest BCUT2D eigenvalue weighted by Crippen LogP contribution is 2.19. The van der Waals surface area contributed by atoms with Gasteiger partial charge >= 0.3 is 0 Å². The lowest BCUT2D eigenvalue weighted by atomic mass is 10.1. The minimum Gasteiger partial charge on any atom is -0.507 e. The molecule has 0 fully saturated rings. The van der Waals surface area contributed by atoms with E-state index in [1.807, 2.05) is 0 Å². The molecule has 22 heavy (non-hydrogen) atoms. The molecule has 1 unspecified atom stereocenters. The zero-order chi connectivity index (χ0) is 16.3. The van der Waals surface area contributed by atoms with Crippen molar-refractivity contribution in [3.63, 3.8) is 0 Å². The monoisotopic (exact) mass is 307 g/mol. The fraction of sp³-hybridized carbons (Fsp3) is 0.188. The van der Waals surface area contributed by atoms with Gasteiger partial charge in [-0.05, 0) is 36.8 Å². The van der Waals surface area contributed by atoms with Crippen LogP contribution in [-0.2, 0) is 0 Å². The number of aliphatic hydroxyl groups is 1. The van der Waals surface area contributed by atoms with Crippen LogP contribution in [0, 0.1) is 18.6 Å². The van der Waals surface area contributed by atoms with E-state index in [1.54, 1.807) is 13.0 Å². The topological polar surface area (TPSA) is 69.6 Å².